The van der Waals surface area contributed by atoms with Crippen molar-refractivity contribution in [2.24, 2.45) is 0 Å². The molecule has 112 valence electrons. The van der Waals surface area contributed by atoms with Crippen molar-refractivity contribution in [2.45, 2.75) is 26.5 Å². The molecule has 2 rings (SSSR count). The minimum absolute atomic E-state index is 0.158. The van der Waals surface area contributed by atoms with E-state index in [2.05, 4.69) is 5.32 Å². The Kier molecular flexibility index (Phi) is 5.34. The van der Waals surface area contributed by atoms with Gasteiger partial charge in [-0.05, 0) is 36.6 Å². The summed E-state index contributed by atoms with van der Waals surface area (Å²) in [5.74, 6) is -0.158. The van der Waals surface area contributed by atoms with Crippen LogP contribution in [0.15, 0.2) is 36.4 Å². The van der Waals surface area contributed by atoms with E-state index in [1.807, 2.05) is 24.3 Å². The quantitative estimate of drug-likeness (QED) is 0.877. The highest BCUT2D eigenvalue weighted by Gasteiger charge is 2.10. The molecule has 21 heavy (non-hydrogen) atoms. The molecule has 0 saturated heterocycles. The van der Waals surface area contributed by atoms with Crippen molar-refractivity contribution in [1.82, 2.24) is 5.32 Å². The molecule has 0 fully saturated rings. The number of nitrogens with one attached hydrogen (secondary N) is 1. The van der Waals surface area contributed by atoms with E-state index in [0.717, 1.165) is 5.56 Å². The summed E-state index contributed by atoms with van der Waals surface area (Å²) in [6.45, 7) is 4.47. The highest BCUT2D eigenvalue weighted by molar-refractivity contribution is 6.31. The second kappa shape index (κ2) is 7.03. The number of hydrogen-bond acceptors (Lipinski definition) is 2. The summed E-state index contributed by atoms with van der Waals surface area (Å²) in [4.78, 5) is 0. The molecule has 1 unspecified atom stereocenters. The minimum Gasteiger partial charge on any atom is -0.387 e. The number of benzene rings is 2. The van der Waals surface area contributed by atoms with Gasteiger partial charge in [0, 0.05) is 23.7 Å². The van der Waals surface area contributed by atoms with E-state index in [1.165, 1.54) is 0 Å². The van der Waals surface area contributed by atoms with E-state index in [4.69, 9.17) is 11.6 Å². The predicted octanol–water partition coefficient (Wildman–Crippen LogP) is 3.92. The second-order valence-electron chi connectivity index (χ2n) is 5.21. The number of aliphatic hydroxyl groups is 1. The average Bonchev–Trinajstić information content (AvgIpc) is 2.45. The predicted molar refractivity (Wildman–Crippen MR) is 84.0 cm³/mol. The Morgan fingerprint density at radius 2 is 1.81 bits per heavy atom. The third kappa shape index (κ3) is 4.03. The van der Waals surface area contributed by atoms with Gasteiger partial charge in [-0.15, -0.1) is 0 Å². The largest absolute Gasteiger partial charge is 0.387 e. The molecule has 2 N–H and O–H groups in total. The van der Waals surface area contributed by atoms with Gasteiger partial charge in [0.25, 0.3) is 0 Å². The monoisotopic (exact) mass is 307 g/mol. The fourth-order valence-electron chi connectivity index (χ4n) is 2.35. The van der Waals surface area contributed by atoms with Crippen LogP contribution >= 0.6 is 11.6 Å². The lowest BCUT2D eigenvalue weighted by Crippen LogP contribution is -2.21. The van der Waals surface area contributed by atoms with Gasteiger partial charge in [-0.2, -0.15) is 0 Å². The number of hydrogen-bond donors (Lipinski definition) is 2. The maximum atomic E-state index is 13.6. The Morgan fingerprint density at radius 1 is 1.19 bits per heavy atom. The topological polar surface area (TPSA) is 32.3 Å². The normalized spacial score (nSPS) is 12.4. The summed E-state index contributed by atoms with van der Waals surface area (Å²) in [5.41, 5.74) is 2.98. The smallest absolute Gasteiger partial charge is 0.129 e. The highest BCUT2D eigenvalue weighted by atomic mass is 35.5. The summed E-state index contributed by atoms with van der Waals surface area (Å²) in [5, 5.41) is 13.9. The summed E-state index contributed by atoms with van der Waals surface area (Å²) in [6.07, 6.45) is -0.665. The summed E-state index contributed by atoms with van der Waals surface area (Å²) in [6, 6.07) is 10.9. The van der Waals surface area contributed by atoms with Crippen LogP contribution in [0.3, 0.4) is 0 Å². The van der Waals surface area contributed by atoms with Gasteiger partial charge in [0.05, 0.1) is 6.10 Å². The Labute approximate surface area is 129 Å². The Hall–Kier alpha value is -1.42. The van der Waals surface area contributed by atoms with E-state index >= 15 is 0 Å². The van der Waals surface area contributed by atoms with Crippen LogP contribution in [-0.4, -0.2) is 11.7 Å². The van der Waals surface area contributed by atoms with Crippen LogP contribution in [0.2, 0.25) is 5.02 Å². The van der Waals surface area contributed by atoms with Gasteiger partial charge in [-0.25, -0.2) is 4.39 Å². The molecular formula is C17H19ClFNO. The number of aliphatic hydroxyl groups excluding tert-OH is 1. The zero-order chi connectivity index (χ0) is 15.4. The fourth-order valence-corrected chi connectivity index (χ4v) is 2.61. The molecule has 0 spiro atoms. The molecule has 0 bridgehead atoms. The fraction of sp³-hybridized carbons (Fsp3) is 0.294. The van der Waals surface area contributed by atoms with Crippen molar-refractivity contribution < 1.29 is 9.50 Å². The molecule has 2 aromatic rings. The summed E-state index contributed by atoms with van der Waals surface area (Å²) in [7, 11) is 0. The van der Waals surface area contributed by atoms with Crippen molar-refractivity contribution in [3.05, 3.63) is 69.5 Å². The average molecular weight is 308 g/mol. The van der Waals surface area contributed by atoms with Crippen LogP contribution in [0.25, 0.3) is 0 Å². The van der Waals surface area contributed by atoms with Crippen LogP contribution in [0, 0.1) is 19.7 Å². The van der Waals surface area contributed by atoms with Gasteiger partial charge < -0.3 is 10.4 Å². The van der Waals surface area contributed by atoms with Gasteiger partial charge in [-0.3, -0.25) is 0 Å². The van der Waals surface area contributed by atoms with Crippen molar-refractivity contribution in [3.63, 3.8) is 0 Å². The molecule has 0 saturated carbocycles. The highest BCUT2D eigenvalue weighted by Crippen LogP contribution is 2.22. The maximum Gasteiger partial charge on any atom is 0.129 e. The molecule has 0 aliphatic rings. The zero-order valence-corrected chi connectivity index (χ0v) is 12.9. The number of halogens is 2. The SMILES string of the molecule is Cc1cc(CNCC(O)c2ccccc2Cl)cc(C)c1F. The van der Waals surface area contributed by atoms with Gasteiger partial charge in [0.15, 0.2) is 0 Å². The molecular weight excluding hydrogens is 289 g/mol. The van der Waals surface area contributed by atoms with Gasteiger partial charge in [0.1, 0.15) is 5.82 Å². The second-order valence-corrected chi connectivity index (χ2v) is 5.62. The first-order valence-corrected chi connectivity index (χ1v) is 7.25. The maximum absolute atomic E-state index is 13.6. The Balaban J connectivity index is 1.94. The zero-order valence-electron chi connectivity index (χ0n) is 12.2. The lowest BCUT2D eigenvalue weighted by molar-refractivity contribution is 0.174. The first kappa shape index (κ1) is 16.0. The molecule has 0 aliphatic carbocycles. The first-order chi connectivity index (χ1) is 9.99. The molecule has 0 radical (unpaired) electrons. The molecule has 4 heteroatoms. The standard InChI is InChI=1S/C17H19ClFNO/c1-11-7-13(8-12(2)17(11)19)9-20-10-16(21)14-5-3-4-6-15(14)18/h3-8,16,20-21H,9-10H2,1-2H3. The molecule has 1 atom stereocenters. The van der Waals surface area contributed by atoms with Crippen molar-refractivity contribution in [1.29, 1.82) is 0 Å². The van der Waals surface area contributed by atoms with Crippen LogP contribution in [0.5, 0.6) is 0 Å². The van der Waals surface area contributed by atoms with Gasteiger partial charge >= 0.3 is 0 Å². The van der Waals surface area contributed by atoms with Crippen LogP contribution in [0.1, 0.15) is 28.4 Å². The Bertz CT molecular complexity index is 607. The van der Waals surface area contributed by atoms with Gasteiger partial charge in [0.2, 0.25) is 0 Å². The van der Waals surface area contributed by atoms with E-state index in [0.29, 0.717) is 34.8 Å². The van der Waals surface area contributed by atoms with Crippen LogP contribution < -0.4 is 5.32 Å². The van der Waals surface area contributed by atoms with Crippen molar-refractivity contribution >= 4 is 11.6 Å². The van der Waals surface area contributed by atoms with Crippen molar-refractivity contribution in [3.8, 4) is 0 Å². The van der Waals surface area contributed by atoms with Crippen LogP contribution in [0.4, 0.5) is 4.39 Å². The molecule has 0 heterocycles. The Morgan fingerprint density at radius 3 is 2.43 bits per heavy atom. The number of aryl methyl sites for hydroxylation is 2. The molecule has 2 nitrogen and oxygen atoms in total. The minimum atomic E-state index is -0.665. The summed E-state index contributed by atoms with van der Waals surface area (Å²) >= 11 is 6.04. The number of rotatable bonds is 5. The van der Waals surface area contributed by atoms with Crippen molar-refractivity contribution in [2.75, 3.05) is 6.54 Å². The van der Waals surface area contributed by atoms with E-state index in [1.54, 1.807) is 26.0 Å². The molecule has 0 aromatic heterocycles. The lowest BCUT2D eigenvalue weighted by Gasteiger charge is -2.14. The van der Waals surface area contributed by atoms with E-state index in [-0.39, 0.29) is 5.82 Å². The van der Waals surface area contributed by atoms with Gasteiger partial charge in [-0.1, -0.05) is 41.9 Å². The van der Waals surface area contributed by atoms with E-state index < -0.39 is 6.10 Å². The molecule has 2 aromatic carbocycles. The summed E-state index contributed by atoms with van der Waals surface area (Å²) < 4.78 is 13.6. The van der Waals surface area contributed by atoms with Crippen LogP contribution in [-0.2, 0) is 6.54 Å². The third-order valence-electron chi connectivity index (χ3n) is 3.43. The lowest BCUT2D eigenvalue weighted by atomic mass is 10.1. The third-order valence-corrected chi connectivity index (χ3v) is 3.77. The first-order valence-electron chi connectivity index (χ1n) is 6.88. The molecule has 0 aliphatic heterocycles. The molecule has 0 amide bonds. The van der Waals surface area contributed by atoms with E-state index in [9.17, 15) is 9.50 Å².